The molecule has 0 aliphatic heterocycles. The molecule has 1 aromatic heterocycles. The fraction of sp³-hybridized carbons (Fsp3) is 0.167. The molecule has 2 N–H and O–H groups in total. The summed E-state index contributed by atoms with van der Waals surface area (Å²) in [5, 5.41) is 1.03. The number of aryl methyl sites for hydroxylation is 3. The molecule has 0 saturated heterocycles. The Morgan fingerprint density at radius 2 is 1.52 bits per heavy atom. The Kier molecular flexibility index (Phi) is 5.03. The molecule has 4 nitrogen and oxygen atoms in total. The lowest BCUT2D eigenvalue weighted by molar-refractivity contribution is 0.572. The van der Waals surface area contributed by atoms with Crippen LogP contribution in [-0.2, 0) is 10.0 Å². The predicted molar refractivity (Wildman–Crippen MR) is 118 cm³/mol. The van der Waals surface area contributed by atoms with E-state index < -0.39 is 16.1 Å². The van der Waals surface area contributed by atoms with Crippen LogP contribution in [0.15, 0.2) is 77.7 Å². The van der Waals surface area contributed by atoms with Gasteiger partial charge in [-0.15, -0.1) is 0 Å². The minimum atomic E-state index is -3.71. The highest BCUT2D eigenvalue weighted by Crippen LogP contribution is 2.34. The van der Waals surface area contributed by atoms with Crippen molar-refractivity contribution in [1.82, 2.24) is 9.71 Å². The van der Waals surface area contributed by atoms with Gasteiger partial charge in [0.2, 0.25) is 10.0 Å². The minimum Gasteiger partial charge on any atom is -0.358 e. The molecular weight excluding hydrogens is 380 g/mol. The Morgan fingerprint density at radius 3 is 2.21 bits per heavy atom. The molecule has 0 saturated carbocycles. The van der Waals surface area contributed by atoms with Crippen LogP contribution in [0.5, 0.6) is 0 Å². The summed E-state index contributed by atoms with van der Waals surface area (Å²) >= 11 is 0. The molecule has 4 rings (SSSR count). The number of nitrogens with one attached hydrogen (secondary N) is 2. The lowest BCUT2D eigenvalue weighted by Crippen LogP contribution is -2.29. The van der Waals surface area contributed by atoms with Crippen molar-refractivity contribution in [3.63, 3.8) is 0 Å². The van der Waals surface area contributed by atoms with Crippen LogP contribution in [0.3, 0.4) is 0 Å². The van der Waals surface area contributed by atoms with E-state index in [1.54, 1.807) is 12.1 Å². The van der Waals surface area contributed by atoms with Crippen LogP contribution < -0.4 is 4.72 Å². The van der Waals surface area contributed by atoms with Crippen molar-refractivity contribution < 1.29 is 8.42 Å². The number of hydrogen-bond donors (Lipinski definition) is 2. The molecule has 0 bridgehead atoms. The highest BCUT2D eigenvalue weighted by Gasteiger charge is 2.27. The van der Waals surface area contributed by atoms with E-state index in [0.29, 0.717) is 0 Å². The van der Waals surface area contributed by atoms with Crippen LogP contribution in [0.25, 0.3) is 10.9 Å². The Bertz CT molecular complexity index is 1260. The van der Waals surface area contributed by atoms with Crippen LogP contribution in [-0.4, -0.2) is 13.4 Å². The standard InChI is InChI=1S/C24H24N2O2S/c1-16-12-14-20(15-13-16)29(27,28)26-24(19-9-5-4-6-10-19)22-18(3)25-23-17(2)8-7-11-21(22)23/h4-15,24-26H,1-3H3. The maximum Gasteiger partial charge on any atom is 0.241 e. The number of fused-ring (bicyclic) bond motifs is 1. The lowest BCUT2D eigenvalue weighted by Gasteiger charge is -2.20. The van der Waals surface area contributed by atoms with Gasteiger partial charge in [-0.05, 0) is 44.0 Å². The molecule has 29 heavy (non-hydrogen) atoms. The van der Waals surface area contributed by atoms with Crippen molar-refractivity contribution in [3.05, 3.63) is 101 Å². The van der Waals surface area contributed by atoms with Gasteiger partial charge in [0.05, 0.1) is 10.9 Å². The number of benzene rings is 3. The summed E-state index contributed by atoms with van der Waals surface area (Å²) in [5.41, 5.74) is 5.99. The first-order valence-corrected chi connectivity index (χ1v) is 11.1. The number of aromatic nitrogens is 1. The molecule has 0 amide bonds. The van der Waals surface area contributed by atoms with E-state index in [-0.39, 0.29) is 4.90 Å². The molecule has 0 aliphatic rings. The molecule has 148 valence electrons. The Hall–Kier alpha value is -2.89. The van der Waals surface area contributed by atoms with E-state index in [4.69, 9.17) is 0 Å². The first-order chi connectivity index (χ1) is 13.9. The lowest BCUT2D eigenvalue weighted by atomic mass is 9.96. The van der Waals surface area contributed by atoms with Crippen LogP contribution >= 0.6 is 0 Å². The summed E-state index contributed by atoms with van der Waals surface area (Å²) < 4.78 is 29.4. The van der Waals surface area contributed by atoms with Gasteiger partial charge < -0.3 is 4.98 Å². The fourth-order valence-corrected chi connectivity index (χ4v) is 4.96. The summed E-state index contributed by atoms with van der Waals surface area (Å²) in [6, 6.07) is 22.2. The number of aromatic amines is 1. The maximum atomic E-state index is 13.2. The molecule has 0 spiro atoms. The Balaban J connectivity index is 1.88. The summed E-state index contributed by atoms with van der Waals surface area (Å²) in [4.78, 5) is 3.71. The molecule has 4 aromatic rings. The Labute approximate surface area is 171 Å². The topological polar surface area (TPSA) is 62.0 Å². The molecule has 1 unspecified atom stereocenters. The van der Waals surface area contributed by atoms with E-state index >= 15 is 0 Å². The van der Waals surface area contributed by atoms with Gasteiger partial charge in [0.15, 0.2) is 0 Å². The van der Waals surface area contributed by atoms with Gasteiger partial charge in [-0.3, -0.25) is 0 Å². The highest BCUT2D eigenvalue weighted by molar-refractivity contribution is 7.89. The maximum absolute atomic E-state index is 13.2. The number of hydrogen-bond acceptors (Lipinski definition) is 2. The molecule has 0 aliphatic carbocycles. The first kappa shape index (κ1) is 19.4. The zero-order chi connectivity index (χ0) is 20.6. The van der Waals surface area contributed by atoms with Gasteiger partial charge >= 0.3 is 0 Å². The van der Waals surface area contributed by atoms with Gasteiger partial charge in [0, 0.05) is 22.2 Å². The normalized spacial score (nSPS) is 12.9. The van der Waals surface area contributed by atoms with Crippen LogP contribution in [0.2, 0.25) is 0 Å². The molecule has 0 radical (unpaired) electrons. The molecule has 1 atom stereocenters. The summed E-state index contributed by atoms with van der Waals surface area (Å²) in [5.74, 6) is 0. The summed E-state index contributed by atoms with van der Waals surface area (Å²) in [7, 11) is -3.71. The third kappa shape index (κ3) is 3.71. The van der Waals surface area contributed by atoms with Crippen molar-refractivity contribution in [3.8, 4) is 0 Å². The quantitative estimate of drug-likeness (QED) is 0.482. The average Bonchev–Trinajstić information content (AvgIpc) is 3.04. The van der Waals surface area contributed by atoms with Gasteiger partial charge in [0.1, 0.15) is 0 Å². The number of sulfonamides is 1. The smallest absolute Gasteiger partial charge is 0.241 e. The summed E-state index contributed by atoms with van der Waals surface area (Å²) in [6.45, 7) is 5.98. The SMILES string of the molecule is Cc1ccc(S(=O)(=O)NC(c2ccccc2)c2c(C)[nH]c3c(C)cccc23)cc1. The predicted octanol–water partition coefficient (Wildman–Crippen LogP) is 5.16. The molecule has 5 heteroatoms. The second-order valence-corrected chi connectivity index (χ2v) is 9.15. The van der Waals surface area contributed by atoms with E-state index in [0.717, 1.165) is 38.9 Å². The van der Waals surface area contributed by atoms with E-state index in [9.17, 15) is 8.42 Å². The third-order valence-corrected chi connectivity index (χ3v) is 6.74. The monoisotopic (exact) mass is 404 g/mol. The van der Waals surface area contributed by atoms with Gasteiger partial charge in [-0.1, -0.05) is 66.2 Å². The van der Waals surface area contributed by atoms with Crippen LogP contribution in [0, 0.1) is 20.8 Å². The average molecular weight is 405 g/mol. The van der Waals surface area contributed by atoms with Crippen LogP contribution in [0.4, 0.5) is 0 Å². The Morgan fingerprint density at radius 1 is 0.828 bits per heavy atom. The summed E-state index contributed by atoms with van der Waals surface area (Å²) in [6.07, 6.45) is 0. The van der Waals surface area contributed by atoms with E-state index in [2.05, 4.69) is 22.7 Å². The van der Waals surface area contributed by atoms with E-state index in [1.807, 2.05) is 68.4 Å². The second kappa shape index (κ2) is 7.50. The van der Waals surface area contributed by atoms with Gasteiger partial charge in [-0.25, -0.2) is 8.42 Å². The van der Waals surface area contributed by atoms with Gasteiger partial charge in [-0.2, -0.15) is 4.72 Å². The van der Waals surface area contributed by atoms with Crippen molar-refractivity contribution >= 4 is 20.9 Å². The first-order valence-electron chi connectivity index (χ1n) is 9.58. The van der Waals surface area contributed by atoms with Crippen LogP contribution in [0.1, 0.15) is 34.0 Å². The second-order valence-electron chi connectivity index (χ2n) is 7.44. The van der Waals surface area contributed by atoms with Gasteiger partial charge in [0.25, 0.3) is 0 Å². The highest BCUT2D eigenvalue weighted by atomic mass is 32.2. The van der Waals surface area contributed by atoms with Crippen molar-refractivity contribution in [2.45, 2.75) is 31.7 Å². The van der Waals surface area contributed by atoms with E-state index in [1.165, 1.54) is 0 Å². The minimum absolute atomic E-state index is 0.262. The molecule has 1 heterocycles. The zero-order valence-corrected chi connectivity index (χ0v) is 17.5. The number of para-hydroxylation sites is 1. The molecule has 0 fully saturated rings. The zero-order valence-electron chi connectivity index (χ0n) is 16.7. The largest absolute Gasteiger partial charge is 0.358 e. The number of rotatable bonds is 5. The van der Waals surface area contributed by atoms with Crippen molar-refractivity contribution in [2.75, 3.05) is 0 Å². The van der Waals surface area contributed by atoms with Crippen molar-refractivity contribution in [2.24, 2.45) is 0 Å². The number of H-pyrrole nitrogens is 1. The fourth-order valence-electron chi connectivity index (χ4n) is 3.77. The third-order valence-electron chi connectivity index (χ3n) is 5.31. The van der Waals surface area contributed by atoms with Crippen molar-refractivity contribution in [1.29, 1.82) is 0 Å². The molecular formula is C24H24N2O2S. The molecule has 3 aromatic carbocycles.